The fourth-order valence-electron chi connectivity index (χ4n) is 2.38. The second-order valence-corrected chi connectivity index (χ2v) is 5.69. The molecule has 0 saturated heterocycles. The summed E-state index contributed by atoms with van der Waals surface area (Å²) in [5.41, 5.74) is 0. The van der Waals surface area contributed by atoms with Crippen molar-refractivity contribution in [1.82, 2.24) is 0 Å². The molecule has 0 aromatic rings. The molecule has 2 atom stereocenters. The van der Waals surface area contributed by atoms with Gasteiger partial charge in [0.15, 0.2) is 0 Å². The van der Waals surface area contributed by atoms with Gasteiger partial charge in [0.2, 0.25) is 0 Å². The molecule has 0 fully saturated rings. The number of hydrogen-bond acceptors (Lipinski definition) is 4. The lowest BCUT2D eigenvalue weighted by Crippen LogP contribution is -2.25. The summed E-state index contributed by atoms with van der Waals surface area (Å²) in [7, 11) is 0. The van der Waals surface area contributed by atoms with Gasteiger partial charge in [-0.15, -0.1) is 0 Å². The molecular formula is C16H34O4. The lowest BCUT2D eigenvalue weighted by molar-refractivity contribution is 0.00708. The van der Waals surface area contributed by atoms with Crippen LogP contribution in [0.4, 0.5) is 0 Å². The van der Waals surface area contributed by atoms with Crippen LogP contribution in [0.3, 0.4) is 0 Å². The van der Waals surface area contributed by atoms with E-state index in [1.165, 1.54) is 0 Å². The highest BCUT2D eigenvalue weighted by atomic mass is 16.3. The molecule has 20 heavy (non-hydrogen) atoms. The van der Waals surface area contributed by atoms with Crippen molar-refractivity contribution in [3.63, 3.8) is 0 Å². The first kappa shape index (κ1) is 19.8. The van der Waals surface area contributed by atoms with Gasteiger partial charge in [-0.1, -0.05) is 51.4 Å². The summed E-state index contributed by atoms with van der Waals surface area (Å²) < 4.78 is 0. The van der Waals surface area contributed by atoms with Crippen LogP contribution in [0.25, 0.3) is 0 Å². The van der Waals surface area contributed by atoms with Crippen LogP contribution in [-0.4, -0.2) is 45.8 Å². The van der Waals surface area contributed by atoms with E-state index in [1.807, 2.05) is 0 Å². The van der Waals surface area contributed by atoms with Gasteiger partial charge in [0.1, 0.15) is 0 Å². The number of hydrogen-bond donors (Lipinski definition) is 4. The maximum atomic E-state index is 9.84. The van der Waals surface area contributed by atoms with E-state index < -0.39 is 12.2 Å². The molecule has 122 valence electrons. The number of unbranched alkanes of at least 4 members (excludes halogenated alkanes) is 8. The van der Waals surface area contributed by atoms with Crippen LogP contribution in [-0.2, 0) is 0 Å². The van der Waals surface area contributed by atoms with Crippen LogP contribution < -0.4 is 0 Å². The van der Waals surface area contributed by atoms with E-state index in [0.29, 0.717) is 12.8 Å². The van der Waals surface area contributed by atoms with E-state index >= 15 is 0 Å². The zero-order chi connectivity index (χ0) is 15.1. The summed E-state index contributed by atoms with van der Waals surface area (Å²) in [4.78, 5) is 0. The van der Waals surface area contributed by atoms with Gasteiger partial charge in [-0.05, 0) is 25.7 Å². The highest BCUT2D eigenvalue weighted by molar-refractivity contribution is 4.67. The zero-order valence-electron chi connectivity index (χ0n) is 12.8. The molecule has 2 unspecified atom stereocenters. The van der Waals surface area contributed by atoms with Crippen LogP contribution in [0.5, 0.6) is 0 Å². The minimum absolute atomic E-state index is 0.240. The zero-order valence-corrected chi connectivity index (χ0v) is 12.8. The highest BCUT2D eigenvalue weighted by Crippen LogP contribution is 2.14. The lowest BCUT2D eigenvalue weighted by atomic mass is 10.00. The van der Waals surface area contributed by atoms with Crippen LogP contribution in [0.2, 0.25) is 0 Å². The quantitative estimate of drug-likeness (QED) is 0.349. The minimum atomic E-state index is -0.599. The Labute approximate surface area is 123 Å². The highest BCUT2D eigenvalue weighted by Gasteiger charge is 2.14. The molecule has 0 amide bonds. The molecule has 0 aliphatic rings. The smallest absolute Gasteiger partial charge is 0.0799 e. The Morgan fingerprint density at radius 3 is 1.10 bits per heavy atom. The monoisotopic (exact) mass is 290 g/mol. The lowest BCUT2D eigenvalue weighted by Gasteiger charge is -2.17. The molecule has 0 aromatic carbocycles. The topological polar surface area (TPSA) is 80.9 Å². The van der Waals surface area contributed by atoms with Crippen LogP contribution in [0.1, 0.15) is 77.0 Å². The summed E-state index contributed by atoms with van der Waals surface area (Å²) in [6.07, 6.45) is 10.2. The van der Waals surface area contributed by atoms with Gasteiger partial charge >= 0.3 is 0 Å². The van der Waals surface area contributed by atoms with Gasteiger partial charge in [-0.3, -0.25) is 0 Å². The second kappa shape index (κ2) is 15.2. The Kier molecular flexibility index (Phi) is 15.1. The fraction of sp³-hybridized carbons (Fsp3) is 1.00. The van der Waals surface area contributed by atoms with Crippen molar-refractivity contribution in [3.8, 4) is 0 Å². The number of rotatable bonds is 15. The van der Waals surface area contributed by atoms with Crippen molar-refractivity contribution in [2.45, 2.75) is 89.3 Å². The normalized spacial score (nSPS) is 14.4. The first-order valence-corrected chi connectivity index (χ1v) is 8.30. The molecule has 0 radical (unpaired) electrons. The largest absolute Gasteiger partial charge is 0.396 e. The molecule has 0 spiro atoms. The molecule has 0 aromatic heterocycles. The van der Waals surface area contributed by atoms with Crippen LogP contribution in [0.15, 0.2) is 0 Å². The average Bonchev–Trinajstić information content (AvgIpc) is 2.45. The van der Waals surface area contributed by atoms with Crippen molar-refractivity contribution in [3.05, 3.63) is 0 Å². The van der Waals surface area contributed by atoms with Crippen molar-refractivity contribution in [2.24, 2.45) is 0 Å². The summed E-state index contributed by atoms with van der Waals surface area (Å²) in [5.74, 6) is 0. The molecule has 0 aliphatic heterocycles. The Morgan fingerprint density at radius 1 is 0.450 bits per heavy atom. The van der Waals surface area contributed by atoms with Crippen molar-refractivity contribution in [1.29, 1.82) is 0 Å². The Balaban J connectivity index is 3.34. The second-order valence-electron chi connectivity index (χ2n) is 5.69. The third-order valence-corrected chi connectivity index (χ3v) is 3.76. The van der Waals surface area contributed by atoms with Gasteiger partial charge in [0.05, 0.1) is 12.2 Å². The summed E-state index contributed by atoms with van der Waals surface area (Å²) >= 11 is 0. The summed E-state index contributed by atoms with van der Waals surface area (Å²) in [5, 5.41) is 37.0. The molecule has 0 saturated carbocycles. The maximum absolute atomic E-state index is 9.84. The molecule has 0 rings (SSSR count). The van der Waals surface area contributed by atoms with Crippen molar-refractivity contribution >= 4 is 0 Å². The first-order valence-electron chi connectivity index (χ1n) is 8.30. The average molecular weight is 290 g/mol. The van der Waals surface area contributed by atoms with Crippen molar-refractivity contribution < 1.29 is 20.4 Å². The Hall–Kier alpha value is -0.160. The van der Waals surface area contributed by atoms with E-state index in [-0.39, 0.29) is 13.2 Å². The molecule has 4 nitrogen and oxygen atoms in total. The van der Waals surface area contributed by atoms with Crippen LogP contribution >= 0.6 is 0 Å². The Morgan fingerprint density at radius 2 is 0.750 bits per heavy atom. The summed E-state index contributed by atoms with van der Waals surface area (Å²) in [6, 6.07) is 0. The minimum Gasteiger partial charge on any atom is -0.396 e. The van der Waals surface area contributed by atoms with Gasteiger partial charge in [-0.25, -0.2) is 0 Å². The molecule has 4 heteroatoms. The van der Waals surface area contributed by atoms with E-state index in [0.717, 1.165) is 64.2 Å². The van der Waals surface area contributed by atoms with Crippen LogP contribution in [0, 0.1) is 0 Å². The molecule has 0 bridgehead atoms. The first-order chi connectivity index (χ1) is 9.72. The van der Waals surface area contributed by atoms with E-state index in [4.69, 9.17) is 10.2 Å². The van der Waals surface area contributed by atoms with E-state index in [9.17, 15) is 10.2 Å². The number of aliphatic hydroxyl groups is 4. The maximum Gasteiger partial charge on any atom is 0.0799 e. The SMILES string of the molecule is OCCCCCCCCC(O)C(O)CCCCCCO. The predicted octanol–water partition coefficient (Wildman–Crippen LogP) is 2.37. The number of aliphatic hydroxyl groups excluding tert-OH is 4. The van der Waals surface area contributed by atoms with Crippen molar-refractivity contribution in [2.75, 3.05) is 13.2 Å². The van der Waals surface area contributed by atoms with Gasteiger partial charge in [-0.2, -0.15) is 0 Å². The standard InChI is InChI=1S/C16H34O4/c17-13-9-5-2-1-3-7-11-15(19)16(20)12-8-4-6-10-14-18/h15-20H,1-14H2. The molecular weight excluding hydrogens is 256 g/mol. The van der Waals surface area contributed by atoms with E-state index in [1.54, 1.807) is 0 Å². The third-order valence-electron chi connectivity index (χ3n) is 3.76. The van der Waals surface area contributed by atoms with E-state index in [2.05, 4.69) is 0 Å². The molecule has 0 heterocycles. The predicted molar refractivity (Wildman–Crippen MR) is 81.6 cm³/mol. The third kappa shape index (κ3) is 12.9. The molecule has 0 aliphatic carbocycles. The fourth-order valence-corrected chi connectivity index (χ4v) is 2.38. The van der Waals surface area contributed by atoms with Gasteiger partial charge in [0, 0.05) is 13.2 Å². The Bertz CT molecular complexity index is 187. The molecule has 4 N–H and O–H groups in total. The summed E-state index contributed by atoms with van der Waals surface area (Å²) in [6.45, 7) is 0.521. The van der Waals surface area contributed by atoms with Gasteiger partial charge in [0.25, 0.3) is 0 Å². The van der Waals surface area contributed by atoms with Gasteiger partial charge < -0.3 is 20.4 Å².